The van der Waals surface area contributed by atoms with Crippen LogP contribution in [0.1, 0.15) is 5.01 Å². The maximum Gasteiger partial charge on any atom is 0.165 e. The van der Waals surface area contributed by atoms with E-state index in [4.69, 9.17) is 16.3 Å². The van der Waals surface area contributed by atoms with Crippen LogP contribution in [0.3, 0.4) is 0 Å². The molecule has 1 aromatic carbocycles. The van der Waals surface area contributed by atoms with Gasteiger partial charge in [0.2, 0.25) is 0 Å². The zero-order valence-electron chi connectivity index (χ0n) is 8.41. The van der Waals surface area contributed by atoms with Gasteiger partial charge in [-0.15, -0.1) is 21.8 Å². The Balaban J connectivity index is 2.37. The maximum absolute atomic E-state index is 13.4. The number of halogens is 2. The van der Waals surface area contributed by atoms with E-state index in [2.05, 4.69) is 10.2 Å². The lowest BCUT2D eigenvalue weighted by Crippen LogP contribution is -1.88. The average Bonchev–Trinajstić information content (AvgIpc) is 2.77. The third kappa shape index (κ3) is 2.15. The number of methoxy groups -OCH3 is 1. The molecule has 0 bridgehead atoms. The molecule has 0 radical (unpaired) electrons. The molecule has 0 unspecified atom stereocenters. The van der Waals surface area contributed by atoms with E-state index in [1.807, 2.05) is 0 Å². The van der Waals surface area contributed by atoms with Crippen LogP contribution in [-0.2, 0) is 5.88 Å². The Morgan fingerprint density at radius 2 is 2.25 bits per heavy atom. The van der Waals surface area contributed by atoms with Gasteiger partial charge >= 0.3 is 0 Å². The third-order valence-corrected chi connectivity index (χ3v) is 3.36. The van der Waals surface area contributed by atoms with Crippen LogP contribution in [0.5, 0.6) is 5.75 Å². The average molecular weight is 259 g/mol. The first-order valence-corrected chi connectivity index (χ1v) is 5.82. The Kier molecular flexibility index (Phi) is 3.36. The molecule has 84 valence electrons. The minimum Gasteiger partial charge on any atom is -0.494 e. The predicted molar refractivity (Wildman–Crippen MR) is 61.4 cm³/mol. The van der Waals surface area contributed by atoms with Gasteiger partial charge < -0.3 is 4.74 Å². The summed E-state index contributed by atoms with van der Waals surface area (Å²) in [7, 11) is 1.43. The molecule has 3 nitrogen and oxygen atoms in total. The van der Waals surface area contributed by atoms with Crippen molar-refractivity contribution >= 4 is 22.9 Å². The molecule has 16 heavy (non-hydrogen) atoms. The number of alkyl halides is 1. The third-order valence-electron chi connectivity index (χ3n) is 1.98. The normalized spacial score (nSPS) is 10.4. The molecule has 0 spiro atoms. The predicted octanol–water partition coefficient (Wildman–Crippen LogP) is 3.09. The number of hydrogen-bond donors (Lipinski definition) is 0. The number of nitrogens with zero attached hydrogens (tertiary/aromatic N) is 2. The molecule has 0 aliphatic carbocycles. The molecule has 2 aromatic rings. The Morgan fingerprint density at radius 3 is 2.81 bits per heavy atom. The van der Waals surface area contributed by atoms with Crippen LogP contribution in [0.15, 0.2) is 18.2 Å². The molecule has 1 aromatic heterocycles. The van der Waals surface area contributed by atoms with E-state index in [0.29, 0.717) is 21.5 Å². The van der Waals surface area contributed by atoms with Crippen molar-refractivity contribution < 1.29 is 9.13 Å². The summed E-state index contributed by atoms with van der Waals surface area (Å²) in [5, 5.41) is 9.16. The number of ether oxygens (including phenoxy) is 1. The van der Waals surface area contributed by atoms with Crippen molar-refractivity contribution in [2.75, 3.05) is 7.11 Å². The van der Waals surface area contributed by atoms with E-state index >= 15 is 0 Å². The monoisotopic (exact) mass is 258 g/mol. The zero-order chi connectivity index (χ0) is 11.5. The van der Waals surface area contributed by atoms with Gasteiger partial charge in [0.05, 0.1) is 13.0 Å². The summed E-state index contributed by atoms with van der Waals surface area (Å²) in [5.41, 5.74) is 0.673. The summed E-state index contributed by atoms with van der Waals surface area (Å²) in [6.07, 6.45) is 0. The van der Waals surface area contributed by atoms with Gasteiger partial charge in [-0.1, -0.05) is 11.3 Å². The molecule has 6 heteroatoms. The number of hydrogen-bond acceptors (Lipinski definition) is 4. The van der Waals surface area contributed by atoms with Crippen LogP contribution in [0.2, 0.25) is 0 Å². The van der Waals surface area contributed by atoms with Crippen LogP contribution >= 0.6 is 22.9 Å². The summed E-state index contributed by atoms with van der Waals surface area (Å²) in [5.74, 6) is 0.115. The SMILES string of the molecule is COc1ccc(-c2nnc(CCl)s2)cc1F. The van der Waals surface area contributed by atoms with Crippen molar-refractivity contribution in [1.82, 2.24) is 10.2 Å². The highest BCUT2D eigenvalue weighted by atomic mass is 35.5. The minimum absolute atomic E-state index is 0.214. The molecule has 2 rings (SSSR count). The summed E-state index contributed by atoms with van der Waals surface area (Å²) in [6, 6.07) is 4.67. The van der Waals surface area contributed by atoms with E-state index in [1.54, 1.807) is 12.1 Å². The van der Waals surface area contributed by atoms with Crippen molar-refractivity contribution in [2.45, 2.75) is 5.88 Å². The second-order valence-corrected chi connectivity index (χ2v) is 4.31. The summed E-state index contributed by atoms with van der Waals surface area (Å²) >= 11 is 6.97. The van der Waals surface area contributed by atoms with Gasteiger partial charge in [-0.3, -0.25) is 0 Å². The number of rotatable bonds is 3. The standard InChI is InChI=1S/C10H8ClFN2OS/c1-15-8-3-2-6(4-7(8)12)10-14-13-9(5-11)16-10/h2-4H,5H2,1H3. The Morgan fingerprint density at radius 1 is 1.44 bits per heavy atom. The van der Waals surface area contributed by atoms with Gasteiger partial charge in [-0.2, -0.15) is 0 Å². The maximum atomic E-state index is 13.4. The highest BCUT2D eigenvalue weighted by molar-refractivity contribution is 7.14. The lowest BCUT2D eigenvalue weighted by atomic mass is 10.2. The first kappa shape index (κ1) is 11.3. The quantitative estimate of drug-likeness (QED) is 0.794. The fourth-order valence-corrected chi connectivity index (χ4v) is 2.13. The van der Waals surface area contributed by atoms with Gasteiger partial charge in [0.25, 0.3) is 0 Å². The van der Waals surface area contributed by atoms with Crippen LogP contribution < -0.4 is 4.74 Å². The Labute approximate surface area is 101 Å². The molecule has 0 aliphatic rings. The smallest absolute Gasteiger partial charge is 0.165 e. The highest BCUT2D eigenvalue weighted by Gasteiger charge is 2.09. The molecule has 0 amide bonds. The van der Waals surface area contributed by atoms with E-state index in [0.717, 1.165) is 0 Å². The first-order valence-electron chi connectivity index (χ1n) is 4.47. The van der Waals surface area contributed by atoms with Gasteiger partial charge in [-0.25, -0.2) is 4.39 Å². The summed E-state index contributed by atoms with van der Waals surface area (Å²) in [6.45, 7) is 0. The minimum atomic E-state index is -0.414. The Bertz CT molecular complexity index is 503. The number of benzene rings is 1. The molecule has 0 saturated heterocycles. The molecule has 0 atom stereocenters. The van der Waals surface area contributed by atoms with E-state index in [9.17, 15) is 4.39 Å². The zero-order valence-corrected chi connectivity index (χ0v) is 9.98. The van der Waals surface area contributed by atoms with Gasteiger partial charge in [0, 0.05) is 5.56 Å². The topological polar surface area (TPSA) is 35.0 Å². The van der Waals surface area contributed by atoms with Crippen molar-refractivity contribution in [3.63, 3.8) is 0 Å². The largest absolute Gasteiger partial charge is 0.494 e. The lowest BCUT2D eigenvalue weighted by molar-refractivity contribution is 0.386. The van der Waals surface area contributed by atoms with Gasteiger partial charge in [0.15, 0.2) is 11.6 Å². The molecular weight excluding hydrogens is 251 g/mol. The number of aromatic nitrogens is 2. The van der Waals surface area contributed by atoms with Crippen molar-refractivity contribution in [2.24, 2.45) is 0 Å². The Hall–Kier alpha value is -1.20. The second kappa shape index (κ2) is 4.76. The molecular formula is C10H8ClFN2OS. The fraction of sp³-hybridized carbons (Fsp3) is 0.200. The summed E-state index contributed by atoms with van der Waals surface area (Å²) < 4.78 is 18.3. The van der Waals surface area contributed by atoms with Gasteiger partial charge in [-0.05, 0) is 18.2 Å². The molecule has 0 N–H and O–H groups in total. The molecule has 0 fully saturated rings. The van der Waals surface area contributed by atoms with Crippen molar-refractivity contribution in [3.05, 3.63) is 29.0 Å². The first-order chi connectivity index (χ1) is 7.74. The molecule has 1 heterocycles. The molecule has 0 saturated carbocycles. The van der Waals surface area contributed by atoms with E-state index in [-0.39, 0.29) is 5.75 Å². The lowest BCUT2D eigenvalue weighted by Gasteiger charge is -2.02. The van der Waals surface area contributed by atoms with Crippen molar-refractivity contribution in [3.8, 4) is 16.3 Å². The van der Waals surface area contributed by atoms with Crippen LogP contribution in [0.25, 0.3) is 10.6 Å². The second-order valence-electron chi connectivity index (χ2n) is 2.98. The van der Waals surface area contributed by atoms with Crippen LogP contribution in [0.4, 0.5) is 4.39 Å². The van der Waals surface area contributed by atoms with Crippen LogP contribution in [0, 0.1) is 5.82 Å². The van der Waals surface area contributed by atoms with E-state index in [1.165, 1.54) is 24.5 Å². The highest BCUT2D eigenvalue weighted by Crippen LogP contribution is 2.28. The van der Waals surface area contributed by atoms with Crippen LogP contribution in [-0.4, -0.2) is 17.3 Å². The van der Waals surface area contributed by atoms with Crippen molar-refractivity contribution in [1.29, 1.82) is 0 Å². The van der Waals surface area contributed by atoms with E-state index < -0.39 is 5.82 Å². The molecule has 0 aliphatic heterocycles. The summed E-state index contributed by atoms with van der Waals surface area (Å²) in [4.78, 5) is 0. The van der Waals surface area contributed by atoms with Gasteiger partial charge in [0.1, 0.15) is 10.0 Å². The fourth-order valence-electron chi connectivity index (χ4n) is 1.22.